The standard InChI is InChI=1S/C36H35N5O2/c42-35(43)20-24-6-8-26(9-7-24)27-10-12-28(13-11-27)31-16-15-30(22-37-31)36-39-32-17-14-29(21-33(32)40-36)34-18-19-38-41(34)23-25-4-2-1-3-5-25/h1-5,10-19,21-22,24,26,32-33H,6-9,20,23H2,(H,39,40)(H,42,43). The number of carbonyl (C=O) groups is 1. The van der Waals surface area contributed by atoms with Crippen LogP contribution in [0, 0.1) is 5.92 Å². The Labute approximate surface area is 251 Å². The van der Waals surface area contributed by atoms with Crippen LogP contribution >= 0.6 is 0 Å². The molecule has 1 aliphatic heterocycles. The lowest BCUT2D eigenvalue weighted by Gasteiger charge is -2.28. The molecule has 2 N–H and O–H groups in total. The van der Waals surface area contributed by atoms with Crippen LogP contribution < -0.4 is 5.32 Å². The van der Waals surface area contributed by atoms with Gasteiger partial charge >= 0.3 is 5.97 Å². The van der Waals surface area contributed by atoms with Crippen LogP contribution in [0.15, 0.2) is 108 Å². The number of aliphatic carboxylic acids is 1. The van der Waals surface area contributed by atoms with E-state index < -0.39 is 5.97 Å². The maximum atomic E-state index is 11.0. The number of benzene rings is 2. The highest BCUT2D eigenvalue weighted by Gasteiger charge is 2.29. The van der Waals surface area contributed by atoms with Crippen molar-refractivity contribution in [2.45, 2.75) is 56.7 Å². The number of hydrogen-bond donors (Lipinski definition) is 2. The maximum absolute atomic E-state index is 11.0. The van der Waals surface area contributed by atoms with Crippen molar-refractivity contribution in [1.82, 2.24) is 20.1 Å². The second-order valence-corrected chi connectivity index (χ2v) is 11.8. The molecule has 7 rings (SSSR count). The molecule has 0 saturated heterocycles. The van der Waals surface area contributed by atoms with E-state index in [-0.39, 0.29) is 12.1 Å². The van der Waals surface area contributed by atoms with Gasteiger partial charge in [-0.3, -0.25) is 19.5 Å². The number of fused-ring (bicyclic) bond motifs is 1. The molecule has 2 aromatic heterocycles. The Morgan fingerprint density at radius 3 is 2.47 bits per heavy atom. The van der Waals surface area contributed by atoms with Gasteiger partial charge < -0.3 is 10.4 Å². The van der Waals surface area contributed by atoms with Gasteiger partial charge in [0.25, 0.3) is 0 Å². The van der Waals surface area contributed by atoms with Crippen LogP contribution in [0.2, 0.25) is 0 Å². The molecule has 3 aliphatic rings. The number of nitrogens with one attached hydrogen (secondary N) is 1. The molecule has 3 heterocycles. The van der Waals surface area contributed by atoms with Crippen LogP contribution in [-0.2, 0) is 11.3 Å². The average Bonchev–Trinajstić information content (AvgIpc) is 3.69. The Kier molecular flexibility index (Phi) is 7.46. The van der Waals surface area contributed by atoms with Crippen molar-refractivity contribution in [3.63, 3.8) is 0 Å². The quantitative estimate of drug-likeness (QED) is 0.253. The van der Waals surface area contributed by atoms with Crippen molar-refractivity contribution in [3.05, 3.63) is 126 Å². The van der Waals surface area contributed by atoms with Gasteiger partial charge in [-0.15, -0.1) is 0 Å². The minimum Gasteiger partial charge on any atom is -0.481 e. The molecule has 0 spiro atoms. The molecule has 0 bridgehead atoms. The van der Waals surface area contributed by atoms with Gasteiger partial charge in [0, 0.05) is 29.9 Å². The normalized spacial score (nSPS) is 22.8. The third-order valence-electron chi connectivity index (χ3n) is 8.99. The lowest BCUT2D eigenvalue weighted by molar-refractivity contribution is -0.138. The van der Waals surface area contributed by atoms with Gasteiger partial charge in [0.1, 0.15) is 5.84 Å². The summed E-state index contributed by atoms with van der Waals surface area (Å²) in [5, 5.41) is 17.3. The van der Waals surface area contributed by atoms with Crippen molar-refractivity contribution in [2.75, 3.05) is 0 Å². The first-order valence-electron chi connectivity index (χ1n) is 15.2. The first kappa shape index (κ1) is 27.1. The lowest BCUT2D eigenvalue weighted by Crippen LogP contribution is -2.34. The monoisotopic (exact) mass is 569 g/mol. The molecular formula is C36H35N5O2. The van der Waals surface area contributed by atoms with Crippen molar-refractivity contribution in [1.29, 1.82) is 0 Å². The fourth-order valence-electron chi connectivity index (χ4n) is 6.63. The molecular weight excluding hydrogens is 534 g/mol. The number of carboxylic acids is 1. The van der Waals surface area contributed by atoms with E-state index in [1.54, 1.807) is 0 Å². The number of hydrogen-bond acceptors (Lipinski definition) is 5. The Bertz CT molecular complexity index is 1680. The topological polar surface area (TPSA) is 92.4 Å². The summed E-state index contributed by atoms with van der Waals surface area (Å²) in [6, 6.07) is 25.5. The number of aromatic nitrogens is 3. The van der Waals surface area contributed by atoms with Crippen molar-refractivity contribution >= 4 is 17.4 Å². The first-order chi connectivity index (χ1) is 21.1. The van der Waals surface area contributed by atoms with Crippen LogP contribution in [0.25, 0.3) is 16.8 Å². The highest BCUT2D eigenvalue weighted by molar-refractivity contribution is 6.01. The fourth-order valence-corrected chi connectivity index (χ4v) is 6.63. The predicted molar refractivity (Wildman–Crippen MR) is 169 cm³/mol. The van der Waals surface area contributed by atoms with Crippen LogP contribution in [0.5, 0.6) is 0 Å². The molecule has 2 aromatic carbocycles. The molecule has 7 heteroatoms. The second-order valence-electron chi connectivity index (χ2n) is 11.8. The third-order valence-corrected chi connectivity index (χ3v) is 8.99. The number of nitrogens with zero attached hydrogens (tertiary/aromatic N) is 4. The molecule has 7 nitrogen and oxygen atoms in total. The molecule has 2 unspecified atom stereocenters. The third kappa shape index (κ3) is 5.93. The molecule has 2 aliphatic carbocycles. The van der Waals surface area contributed by atoms with Crippen molar-refractivity contribution < 1.29 is 9.90 Å². The van der Waals surface area contributed by atoms with E-state index in [0.29, 0.717) is 18.3 Å². The highest BCUT2D eigenvalue weighted by Crippen LogP contribution is 2.37. The molecule has 4 aromatic rings. The SMILES string of the molecule is O=C(O)CC1CCC(c2ccc(-c3ccc(C4=NC5C=CC(c6ccnn6Cc6ccccc6)=CC5N4)cn3)cc2)CC1. The summed E-state index contributed by atoms with van der Waals surface area (Å²) >= 11 is 0. The zero-order chi connectivity index (χ0) is 29.2. The highest BCUT2D eigenvalue weighted by atomic mass is 16.4. The summed E-state index contributed by atoms with van der Waals surface area (Å²) in [6.07, 6.45) is 14.7. The predicted octanol–water partition coefficient (Wildman–Crippen LogP) is 6.48. The van der Waals surface area contributed by atoms with Gasteiger partial charge in [0.05, 0.1) is 30.0 Å². The molecule has 1 saturated carbocycles. The van der Waals surface area contributed by atoms with Crippen molar-refractivity contribution in [2.24, 2.45) is 10.9 Å². The molecule has 0 amide bonds. The Morgan fingerprint density at radius 1 is 0.930 bits per heavy atom. The summed E-state index contributed by atoms with van der Waals surface area (Å²) < 4.78 is 2.05. The number of allylic oxidation sites excluding steroid dienone is 2. The van der Waals surface area contributed by atoms with E-state index >= 15 is 0 Å². The van der Waals surface area contributed by atoms with Crippen molar-refractivity contribution in [3.8, 4) is 11.3 Å². The average molecular weight is 570 g/mol. The Hall–Kier alpha value is -4.78. The minimum atomic E-state index is -0.679. The molecule has 2 atom stereocenters. The van der Waals surface area contributed by atoms with Crippen LogP contribution in [0.1, 0.15) is 60.4 Å². The van der Waals surface area contributed by atoms with E-state index in [2.05, 4.69) is 95.4 Å². The summed E-state index contributed by atoms with van der Waals surface area (Å²) in [5.41, 5.74) is 7.80. The van der Waals surface area contributed by atoms with E-state index in [9.17, 15) is 4.79 Å². The van der Waals surface area contributed by atoms with Crippen LogP contribution in [-0.4, -0.2) is 43.8 Å². The molecule has 1 fully saturated rings. The molecule has 43 heavy (non-hydrogen) atoms. The summed E-state index contributed by atoms with van der Waals surface area (Å²) in [6.45, 7) is 0.730. The second kappa shape index (κ2) is 11.8. The zero-order valence-electron chi connectivity index (χ0n) is 24.0. The molecule has 216 valence electrons. The van der Waals surface area contributed by atoms with E-state index in [1.165, 1.54) is 11.1 Å². The number of pyridine rings is 1. The van der Waals surface area contributed by atoms with E-state index in [0.717, 1.165) is 66.2 Å². The summed E-state index contributed by atoms with van der Waals surface area (Å²) in [7, 11) is 0. The number of amidine groups is 1. The minimum absolute atomic E-state index is 0.0515. The van der Waals surface area contributed by atoms with E-state index in [1.807, 2.05) is 23.1 Å². The zero-order valence-corrected chi connectivity index (χ0v) is 24.0. The fraction of sp³-hybridized carbons (Fsp3) is 0.278. The van der Waals surface area contributed by atoms with E-state index in [4.69, 9.17) is 15.1 Å². The number of carboxylic acid groups (broad SMARTS) is 1. The molecule has 0 radical (unpaired) electrons. The lowest BCUT2D eigenvalue weighted by atomic mass is 9.77. The van der Waals surface area contributed by atoms with Gasteiger partial charge in [-0.25, -0.2) is 0 Å². The maximum Gasteiger partial charge on any atom is 0.303 e. The Balaban J connectivity index is 0.989. The number of rotatable bonds is 8. The first-order valence-corrected chi connectivity index (χ1v) is 15.2. The van der Waals surface area contributed by atoms with Crippen LogP contribution in [0.4, 0.5) is 0 Å². The smallest absolute Gasteiger partial charge is 0.303 e. The summed E-state index contributed by atoms with van der Waals surface area (Å²) in [5.74, 6) is 1.02. The Morgan fingerprint density at radius 2 is 1.72 bits per heavy atom. The largest absolute Gasteiger partial charge is 0.481 e. The van der Waals surface area contributed by atoms with Gasteiger partial charge in [0.2, 0.25) is 0 Å². The summed E-state index contributed by atoms with van der Waals surface area (Å²) in [4.78, 5) is 20.8. The van der Waals surface area contributed by atoms with Gasteiger partial charge in [0.15, 0.2) is 0 Å². The van der Waals surface area contributed by atoms with Crippen LogP contribution in [0.3, 0.4) is 0 Å². The van der Waals surface area contributed by atoms with Gasteiger partial charge in [-0.05, 0) is 72.4 Å². The van der Waals surface area contributed by atoms with Gasteiger partial charge in [-0.1, -0.05) is 72.8 Å². The van der Waals surface area contributed by atoms with Gasteiger partial charge in [-0.2, -0.15) is 5.10 Å². The number of aliphatic imine (C=N–C) groups is 1.